The second kappa shape index (κ2) is 5.64. The number of carbonyl (C=O) groups is 1. The first kappa shape index (κ1) is 15.4. The second-order valence-corrected chi connectivity index (χ2v) is 5.27. The Bertz CT molecular complexity index is 717. The maximum atomic E-state index is 13.8. The van der Waals surface area contributed by atoms with Gasteiger partial charge in [-0.05, 0) is 12.1 Å². The van der Waals surface area contributed by atoms with Gasteiger partial charge in [-0.25, -0.2) is 18.2 Å². The summed E-state index contributed by atoms with van der Waals surface area (Å²) in [5.74, 6) is -4.07. The average molecular weight is 326 g/mol. The molecular weight excluding hydrogens is 313 g/mol. The van der Waals surface area contributed by atoms with E-state index in [-0.39, 0.29) is 11.6 Å². The fourth-order valence-electron chi connectivity index (χ4n) is 2.45. The number of hydrogen-bond acceptors (Lipinski definition) is 5. The molecule has 23 heavy (non-hydrogen) atoms. The molecule has 6 nitrogen and oxygen atoms in total. The monoisotopic (exact) mass is 326 g/mol. The van der Waals surface area contributed by atoms with Crippen molar-refractivity contribution in [1.29, 1.82) is 0 Å². The molecule has 0 unspecified atom stereocenters. The molecule has 0 aliphatic carbocycles. The van der Waals surface area contributed by atoms with Crippen molar-refractivity contribution < 1.29 is 22.5 Å². The Morgan fingerprint density at radius 2 is 2.26 bits per heavy atom. The summed E-state index contributed by atoms with van der Waals surface area (Å²) in [6.45, 7) is 1.02. The number of likely N-dealkylation sites (tertiary alicyclic amines) is 1. The third kappa shape index (κ3) is 3.03. The molecule has 1 aliphatic heterocycles. The molecule has 0 bridgehead atoms. The van der Waals surface area contributed by atoms with Crippen LogP contribution in [0.2, 0.25) is 0 Å². The van der Waals surface area contributed by atoms with Crippen molar-refractivity contribution >= 4 is 5.91 Å². The fourth-order valence-corrected chi connectivity index (χ4v) is 2.45. The van der Waals surface area contributed by atoms with Crippen LogP contribution in [0.1, 0.15) is 41.6 Å². The van der Waals surface area contributed by atoms with Gasteiger partial charge in [-0.1, -0.05) is 12.1 Å². The van der Waals surface area contributed by atoms with Crippen LogP contribution in [0.5, 0.6) is 0 Å². The Hall–Kier alpha value is -2.45. The number of carbonyl (C=O) groups excluding carboxylic acids is 1. The summed E-state index contributed by atoms with van der Waals surface area (Å²) in [5, 5.41) is 3.67. The van der Waals surface area contributed by atoms with Crippen LogP contribution in [0, 0.1) is 5.82 Å². The van der Waals surface area contributed by atoms with Crippen LogP contribution in [0.4, 0.5) is 13.2 Å². The van der Waals surface area contributed by atoms with E-state index in [1.807, 2.05) is 0 Å². The normalized spacial score (nSPS) is 20.0. The van der Waals surface area contributed by atoms with E-state index >= 15 is 0 Å². The standard InChI is InChI=1S/C14H13F3N4O2/c1-2-11-19-12(23-20-11)10-5-14(16,17)7-21(10)13(22)9-4-3-8(15)6-18-9/h3-4,6,10H,2,5,7H2,1H3/t10-/m0/s1. The predicted molar refractivity (Wildman–Crippen MR) is 71.2 cm³/mol. The minimum absolute atomic E-state index is 0.0329. The molecule has 0 spiro atoms. The lowest BCUT2D eigenvalue weighted by atomic mass is 10.2. The summed E-state index contributed by atoms with van der Waals surface area (Å²) in [6.07, 6.45) is 0.740. The first-order chi connectivity index (χ1) is 10.9. The first-order valence-electron chi connectivity index (χ1n) is 7.02. The SMILES string of the molecule is CCc1noc([C@@H]2CC(F)(F)CN2C(=O)c2ccc(F)cn2)n1. The van der Waals surface area contributed by atoms with Crippen molar-refractivity contribution in [2.45, 2.75) is 31.7 Å². The molecular formula is C14H13F3N4O2. The van der Waals surface area contributed by atoms with Crippen molar-refractivity contribution in [2.75, 3.05) is 6.54 Å². The number of rotatable bonds is 3. The summed E-state index contributed by atoms with van der Waals surface area (Å²) in [6, 6.07) is 1.17. The lowest BCUT2D eigenvalue weighted by molar-refractivity contribution is 0.0116. The van der Waals surface area contributed by atoms with Crippen LogP contribution in [0.25, 0.3) is 0 Å². The van der Waals surface area contributed by atoms with Crippen molar-refractivity contribution in [3.8, 4) is 0 Å². The number of nitrogens with zero attached hydrogens (tertiary/aromatic N) is 4. The Kier molecular flexibility index (Phi) is 3.78. The highest BCUT2D eigenvalue weighted by atomic mass is 19.3. The Labute approximate surface area is 129 Å². The molecule has 0 radical (unpaired) electrons. The zero-order valence-corrected chi connectivity index (χ0v) is 12.2. The van der Waals surface area contributed by atoms with Gasteiger partial charge in [0.25, 0.3) is 11.8 Å². The molecule has 0 N–H and O–H groups in total. The van der Waals surface area contributed by atoms with Crippen LogP contribution >= 0.6 is 0 Å². The van der Waals surface area contributed by atoms with Gasteiger partial charge in [-0.3, -0.25) is 4.79 Å². The summed E-state index contributed by atoms with van der Waals surface area (Å²) < 4.78 is 45.5. The molecule has 2 aromatic heterocycles. The van der Waals surface area contributed by atoms with Crippen LogP contribution in [0.3, 0.4) is 0 Å². The average Bonchev–Trinajstić information content (AvgIpc) is 3.11. The number of hydrogen-bond donors (Lipinski definition) is 0. The van der Waals surface area contributed by atoms with Gasteiger partial charge in [0.1, 0.15) is 17.6 Å². The van der Waals surface area contributed by atoms with Crippen molar-refractivity contribution in [3.63, 3.8) is 0 Å². The van der Waals surface area contributed by atoms with Crippen LogP contribution in [0.15, 0.2) is 22.9 Å². The highest BCUT2D eigenvalue weighted by Gasteiger charge is 2.50. The Balaban J connectivity index is 1.91. The maximum Gasteiger partial charge on any atom is 0.273 e. The summed E-state index contributed by atoms with van der Waals surface area (Å²) in [4.78, 5) is 21.0. The zero-order valence-electron chi connectivity index (χ0n) is 12.2. The zero-order chi connectivity index (χ0) is 16.6. The number of pyridine rings is 1. The summed E-state index contributed by atoms with van der Waals surface area (Å²) >= 11 is 0. The van der Waals surface area contributed by atoms with E-state index in [9.17, 15) is 18.0 Å². The van der Waals surface area contributed by atoms with E-state index in [1.54, 1.807) is 6.92 Å². The van der Waals surface area contributed by atoms with Crippen molar-refractivity contribution in [2.24, 2.45) is 0 Å². The van der Waals surface area contributed by atoms with Crippen LogP contribution in [-0.2, 0) is 6.42 Å². The number of aryl methyl sites for hydroxylation is 1. The molecule has 3 heterocycles. The van der Waals surface area contributed by atoms with Gasteiger partial charge < -0.3 is 9.42 Å². The van der Waals surface area contributed by atoms with E-state index < -0.39 is 36.7 Å². The van der Waals surface area contributed by atoms with Crippen molar-refractivity contribution in [3.05, 3.63) is 41.6 Å². The Morgan fingerprint density at radius 1 is 1.48 bits per heavy atom. The van der Waals surface area contributed by atoms with E-state index in [0.29, 0.717) is 12.2 Å². The molecule has 122 valence electrons. The van der Waals surface area contributed by atoms with E-state index in [4.69, 9.17) is 4.52 Å². The first-order valence-corrected chi connectivity index (χ1v) is 7.02. The molecule has 1 aliphatic rings. The molecule has 1 atom stereocenters. The molecule has 1 amide bonds. The van der Waals surface area contributed by atoms with Gasteiger partial charge in [0.15, 0.2) is 5.82 Å². The van der Waals surface area contributed by atoms with Gasteiger partial charge in [0.05, 0.1) is 12.7 Å². The van der Waals surface area contributed by atoms with E-state index in [2.05, 4.69) is 15.1 Å². The van der Waals surface area contributed by atoms with Gasteiger partial charge in [-0.15, -0.1) is 0 Å². The lowest BCUT2D eigenvalue weighted by Crippen LogP contribution is -2.33. The molecule has 0 saturated carbocycles. The molecule has 3 rings (SSSR count). The van der Waals surface area contributed by atoms with Crippen LogP contribution in [-0.4, -0.2) is 38.4 Å². The largest absolute Gasteiger partial charge is 0.337 e. The lowest BCUT2D eigenvalue weighted by Gasteiger charge is -2.20. The number of amides is 1. The topological polar surface area (TPSA) is 72.1 Å². The quantitative estimate of drug-likeness (QED) is 0.866. The third-order valence-corrected chi connectivity index (χ3v) is 3.56. The predicted octanol–water partition coefficient (Wildman–Crippen LogP) is 2.39. The van der Waals surface area contributed by atoms with Gasteiger partial charge in [0, 0.05) is 12.8 Å². The number of alkyl halides is 2. The smallest absolute Gasteiger partial charge is 0.273 e. The Morgan fingerprint density at radius 3 is 2.87 bits per heavy atom. The van der Waals surface area contributed by atoms with Gasteiger partial charge in [-0.2, -0.15) is 4.98 Å². The number of aromatic nitrogens is 3. The van der Waals surface area contributed by atoms with Crippen molar-refractivity contribution in [1.82, 2.24) is 20.0 Å². The minimum Gasteiger partial charge on any atom is -0.337 e. The second-order valence-electron chi connectivity index (χ2n) is 5.27. The highest BCUT2D eigenvalue weighted by Crippen LogP contribution is 2.41. The maximum absolute atomic E-state index is 13.8. The molecule has 2 aromatic rings. The van der Waals surface area contributed by atoms with Crippen LogP contribution < -0.4 is 0 Å². The van der Waals surface area contributed by atoms with Gasteiger partial charge in [0.2, 0.25) is 5.89 Å². The van der Waals surface area contributed by atoms with Gasteiger partial charge >= 0.3 is 0 Å². The molecule has 9 heteroatoms. The third-order valence-electron chi connectivity index (χ3n) is 3.56. The summed E-state index contributed by atoms with van der Waals surface area (Å²) in [5.41, 5.74) is -0.121. The minimum atomic E-state index is -3.07. The fraction of sp³-hybridized carbons (Fsp3) is 0.429. The highest BCUT2D eigenvalue weighted by molar-refractivity contribution is 5.92. The summed E-state index contributed by atoms with van der Waals surface area (Å²) in [7, 11) is 0. The molecule has 0 aromatic carbocycles. The van der Waals surface area contributed by atoms with E-state index in [1.165, 1.54) is 0 Å². The number of halogens is 3. The molecule has 1 saturated heterocycles. The van der Waals surface area contributed by atoms with E-state index in [0.717, 1.165) is 23.2 Å². The molecule has 1 fully saturated rings.